The minimum atomic E-state index is 0.713. The van der Waals surface area contributed by atoms with Crippen LogP contribution < -0.4 is 0 Å². The Balaban J connectivity index is 0.000000149. The van der Waals surface area contributed by atoms with Gasteiger partial charge in [-0.2, -0.15) is 0 Å². The van der Waals surface area contributed by atoms with Gasteiger partial charge < -0.3 is 4.98 Å². The molecule has 0 fully saturated rings. The van der Waals surface area contributed by atoms with E-state index in [0.29, 0.717) is 5.65 Å². The monoisotopic (exact) mass is 352 g/mol. The lowest BCUT2D eigenvalue weighted by Gasteiger charge is -2.18. The van der Waals surface area contributed by atoms with E-state index in [0.717, 1.165) is 5.52 Å². The molecule has 4 heteroatoms. The fraction of sp³-hybridized carbons (Fsp3) is 0.174. The molecule has 2 heterocycles. The maximum Gasteiger partial charge on any atom is 0.180 e. The Bertz CT molecular complexity index is 1210. The summed E-state index contributed by atoms with van der Waals surface area (Å²) in [4.78, 5) is 14.5. The maximum absolute atomic E-state index is 3.91. The third kappa shape index (κ3) is 2.93. The fourth-order valence-corrected chi connectivity index (χ4v) is 4.03. The Kier molecular flexibility index (Phi) is 4.02. The molecule has 4 nitrogen and oxygen atoms in total. The predicted octanol–water partition coefficient (Wildman–Crippen LogP) is 5.22. The van der Waals surface area contributed by atoms with Crippen LogP contribution in [0.25, 0.3) is 32.7 Å². The third-order valence-electron chi connectivity index (χ3n) is 5.36. The van der Waals surface area contributed by atoms with Gasteiger partial charge in [0.05, 0.1) is 12.5 Å². The van der Waals surface area contributed by atoms with Crippen LogP contribution in [-0.4, -0.2) is 19.9 Å². The van der Waals surface area contributed by atoms with Crippen molar-refractivity contribution in [3.8, 4) is 0 Å². The highest BCUT2D eigenvalue weighted by molar-refractivity contribution is 6.08. The van der Waals surface area contributed by atoms with E-state index in [1.165, 1.54) is 53.6 Å². The van der Waals surface area contributed by atoms with Gasteiger partial charge in [0.25, 0.3) is 0 Å². The molecule has 0 saturated heterocycles. The number of rotatable bonds is 0. The summed E-state index contributed by atoms with van der Waals surface area (Å²) in [6, 6.07) is 18.0. The highest BCUT2D eigenvalue weighted by atomic mass is 15.0. The third-order valence-corrected chi connectivity index (χ3v) is 5.36. The Morgan fingerprint density at radius 1 is 0.778 bits per heavy atom. The lowest BCUT2D eigenvalue weighted by molar-refractivity contribution is 0.690. The average Bonchev–Trinajstić information content (AvgIpc) is 3.23. The van der Waals surface area contributed by atoms with Gasteiger partial charge in [0, 0.05) is 0 Å². The van der Waals surface area contributed by atoms with Gasteiger partial charge in [-0.05, 0) is 58.4 Å². The van der Waals surface area contributed by atoms with E-state index in [2.05, 4.69) is 68.5 Å². The Morgan fingerprint density at radius 2 is 1.67 bits per heavy atom. The number of imidazole rings is 1. The number of H-pyrrole nitrogens is 1. The van der Waals surface area contributed by atoms with E-state index in [1.54, 1.807) is 23.7 Å². The molecule has 0 amide bonds. The number of nitrogens with zero attached hydrogens (tertiary/aromatic N) is 3. The molecular weight excluding hydrogens is 332 g/mol. The van der Waals surface area contributed by atoms with Gasteiger partial charge in [-0.1, -0.05) is 48.5 Å². The molecule has 0 aliphatic heterocycles. The van der Waals surface area contributed by atoms with Crippen LogP contribution in [0.2, 0.25) is 0 Å². The summed E-state index contributed by atoms with van der Waals surface area (Å²) in [5, 5.41) is 5.64. The topological polar surface area (TPSA) is 54.5 Å². The molecule has 0 bridgehead atoms. The molecule has 2 aromatic heterocycles. The van der Waals surface area contributed by atoms with E-state index in [-0.39, 0.29) is 0 Å². The van der Waals surface area contributed by atoms with Gasteiger partial charge in [0.1, 0.15) is 11.8 Å². The largest absolute Gasteiger partial charge is 0.342 e. The first kappa shape index (κ1) is 15.9. The molecule has 0 spiro atoms. The molecule has 0 radical (unpaired) electrons. The van der Waals surface area contributed by atoms with Crippen molar-refractivity contribution in [2.75, 3.05) is 0 Å². The number of benzene rings is 3. The van der Waals surface area contributed by atoms with Crippen molar-refractivity contribution >= 4 is 32.7 Å². The van der Waals surface area contributed by atoms with Crippen molar-refractivity contribution in [2.24, 2.45) is 0 Å². The van der Waals surface area contributed by atoms with Crippen LogP contribution >= 0.6 is 0 Å². The van der Waals surface area contributed by atoms with Crippen molar-refractivity contribution in [2.45, 2.75) is 25.7 Å². The van der Waals surface area contributed by atoms with Gasteiger partial charge in [0.2, 0.25) is 0 Å². The number of aromatic amines is 1. The van der Waals surface area contributed by atoms with Crippen LogP contribution in [0.4, 0.5) is 0 Å². The van der Waals surface area contributed by atoms with Crippen molar-refractivity contribution in [1.29, 1.82) is 0 Å². The zero-order chi connectivity index (χ0) is 18.1. The molecule has 27 heavy (non-hydrogen) atoms. The van der Waals surface area contributed by atoms with Crippen LogP contribution in [0.5, 0.6) is 0 Å². The van der Waals surface area contributed by atoms with Crippen LogP contribution in [-0.2, 0) is 12.8 Å². The summed E-state index contributed by atoms with van der Waals surface area (Å²) < 4.78 is 0. The summed E-state index contributed by atoms with van der Waals surface area (Å²) in [6.07, 6.45) is 9.98. The zero-order valence-corrected chi connectivity index (χ0v) is 15.0. The average molecular weight is 352 g/mol. The summed E-state index contributed by atoms with van der Waals surface area (Å²) in [7, 11) is 0. The van der Waals surface area contributed by atoms with Crippen molar-refractivity contribution in [3.05, 3.63) is 78.5 Å². The second-order valence-electron chi connectivity index (χ2n) is 6.95. The minimum Gasteiger partial charge on any atom is -0.342 e. The lowest BCUT2D eigenvalue weighted by Crippen LogP contribution is -2.02. The summed E-state index contributed by atoms with van der Waals surface area (Å²) >= 11 is 0. The van der Waals surface area contributed by atoms with E-state index < -0.39 is 0 Å². The van der Waals surface area contributed by atoms with Crippen molar-refractivity contribution in [1.82, 2.24) is 19.9 Å². The molecule has 0 saturated carbocycles. The molecule has 1 aliphatic rings. The van der Waals surface area contributed by atoms with E-state index >= 15 is 0 Å². The van der Waals surface area contributed by atoms with Gasteiger partial charge >= 0.3 is 0 Å². The molecule has 0 unspecified atom stereocenters. The number of hydrogen-bond donors (Lipinski definition) is 1. The van der Waals surface area contributed by atoms with Crippen LogP contribution in [0.15, 0.2) is 67.4 Å². The minimum absolute atomic E-state index is 0.713. The van der Waals surface area contributed by atoms with Gasteiger partial charge in [0.15, 0.2) is 5.65 Å². The molecular formula is C23H20N4. The SMILES string of the molecule is c1ccc2c(c1)ccc1c3c(ccc12)CCCC3.c1ncc2[nH]cnc2n1. The number of aryl methyl sites for hydroxylation is 2. The molecule has 1 aliphatic carbocycles. The standard InChI is InChI=1S/C18H16.C5H4N4/c1-3-7-15-13(5-1)9-11-18-16-8-4-2-6-14(16)10-12-17(15)18;1-4-5(8-2-6-1)9-3-7-4/h1,3,5,7,9-12H,2,4,6,8H2;1-3H,(H,6,7,8,9). The van der Waals surface area contributed by atoms with E-state index in [4.69, 9.17) is 0 Å². The lowest BCUT2D eigenvalue weighted by atomic mass is 9.86. The molecule has 6 rings (SSSR count). The molecule has 1 N–H and O–H groups in total. The summed E-state index contributed by atoms with van der Waals surface area (Å²) in [5.74, 6) is 0. The summed E-state index contributed by atoms with van der Waals surface area (Å²) in [6.45, 7) is 0. The Morgan fingerprint density at radius 3 is 2.63 bits per heavy atom. The van der Waals surface area contributed by atoms with Crippen LogP contribution in [0.1, 0.15) is 24.0 Å². The highest BCUT2D eigenvalue weighted by Crippen LogP contribution is 2.33. The number of fused-ring (bicyclic) bond motifs is 6. The predicted molar refractivity (Wildman–Crippen MR) is 110 cm³/mol. The van der Waals surface area contributed by atoms with Crippen LogP contribution in [0.3, 0.4) is 0 Å². The molecule has 132 valence electrons. The molecule has 0 atom stereocenters. The van der Waals surface area contributed by atoms with Gasteiger partial charge in [-0.25, -0.2) is 15.0 Å². The Hall–Kier alpha value is -3.27. The van der Waals surface area contributed by atoms with Crippen molar-refractivity contribution in [3.63, 3.8) is 0 Å². The first-order valence-corrected chi connectivity index (χ1v) is 9.41. The van der Waals surface area contributed by atoms with Crippen molar-refractivity contribution < 1.29 is 0 Å². The maximum atomic E-state index is 3.91. The number of aromatic nitrogens is 4. The Labute approximate surface area is 157 Å². The van der Waals surface area contributed by atoms with Crippen LogP contribution in [0, 0.1) is 0 Å². The quantitative estimate of drug-likeness (QED) is 0.389. The first-order chi connectivity index (χ1) is 13.4. The number of hydrogen-bond acceptors (Lipinski definition) is 3. The van der Waals surface area contributed by atoms with Gasteiger partial charge in [-0.15, -0.1) is 0 Å². The second-order valence-corrected chi connectivity index (χ2v) is 6.95. The smallest absolute Gasteiger partial charge is 0.180 e. The van der Waals surface area contributed by atoms with E-state index in [1.807, 2.05) is 0 Å². The van der Waals surface area contributed by atoms with Gasteiger partial charge in [-0.3, -0.25) is 0 Å². The molecule has 3 aromatic carbocycles. The zero-order valence-electron chi connectivity index (χ0n) is 15.0. The molecule has 5 aromatic rings. The summed E-state index contributed by atoms with van der Waals surface area (Å²) in [5.41, 5.74) is 4.76. The second kappa shape index (κ2) is 6.80. The fourth-order valence-electron chi connectivity index (χ4n) is 4.03. The van der Waals surface area contributed by atoms with E-state index in [9.17, 15) is 0 Å². The highest BCUT2D eigenvalue weighted by Gasteiger charge is 2.13. The number of nitrogens with one attached hydrogen (secondary N) is 1. The first-order valence-electron chi connectivity index (χ1n) is 9.41. The normalized spacial score (nSPS) is 13.3.